The molecular weight excluding hydrogens is 571 g/mol. The molecule has 3 N–H and O–H groups in total. The molecule has 204 valence electrons. The number of ether oxygens (including phenoxy) is 1. The lowest BCUT2D eigenvalue weighted by atomic mass is 10.0. The first-order valence-electron chi connectivity index (χ1n) is 11.6. The Morgan fingerprint density at radius 1 is 1.32 bits per heavy atom. The van der Waals surface area contributed by atoms with E-state index in [9.17, 15) is 24.3 Å². The molecular formula is C23H27N5O6S4. The van der Waals surface area contributed by atoms with Gasteiger partial charge in [0.25, 0.3) is 5.91 Å². The number of amides is 3. The van der Waals surface area contributed by atoms with Crippen LogP contribution in [0.15, 0.2) is 33.1 Å². The van der Waals surface area contributed by atoms with Crippen LogP contribution in [0.1, 0.15) is 43.1 Å². The Hall–Kier alpha value is -2.62. The van der Waals surface area contributed by atoms with E-state index in [0.29, 0.717) is 17.1 Å². The van der Waals surface area contributed by atoms with Crippen LogP contribution in [0.5, 0.6) is 0 Å². The zero-order chi connectivity index (χ0) is 27.6. The minimum atomic E-state index is -1.18. The van der Waals surface area contributed by atoms with Gasteiger partial charge < -0.3 is 20.5 Å². The molecule has 0 aromatic carbocycles. The summed E-state index contributed by atoms with van der Waals surface area (Å²) < 4.78 is 6.06. The number of thiophene rings is 1. The fourth-order valence-electron chi connectivity index (χ4n) is 3.86. The van der Waals surface area contributed by atoms with Crippen LogP contribution in [0.3, 0.4) is 0 Å². The topological polar surface area (TPSA) is 151 Å². The first-order chi connectivity index (χ1) is 17.9. The van der Waals surface area contributed by atoms with E-state index in [-0.39, 0.29) is 12.1 Å². The van der Waals surface area contributed by atoms with E-state index in [4.69, 9.17) is 4.74 Å². The van der Waals surface area contributed by atoms with E-state index in [1.54, 1.807) is 26.8 Å². The zero-order valence-electron chi connectivity index (χ0n) is 21.0. The van der Waals surface area contributed by atoms with Crippen molar-refractivity contribution in [1.29, 1.82) is 0 Å². The number of nitrogens with zero attached hydrogens (tertiary/aromatic N) is 3. The number of alkyl carbamates (subject to hydrolysis) is 1. The largest absolute Gasteiger partial charge is 0.477 e. The van der Waals surface area contributed by atoms with Gasteiger partial charge in [-0.3, -0.25) is 14.5 Å². The van der Waals surface area contributed by atoms with Crippen LogP contribution < -0.4 is 10.6 Å². The van der Waals surface area contributed by atoms with Gasteiger partial charge in [-0.15, -0.1) is 33.3 Å². The van der Waals surface area contributed by atoms with E-state index in [0.717, 1.165) is 14.2 Å². The lowest BCUT2D eigenvalue weighted by molar-refractivity contribution is -0.150. The summed E-state index contributed by atoms with van der Waals surface area (Å²) in [6.07, 6.45) is -0.756. The van der Waals surface area contributed by atoms with Crippen molar-refractivity contribution in [3.05, 3.63) is 38.7 Å². The number of fused-ring (bicyclic) bond motifs is 1. The van der Waals surface area contributed by atoms with Crippen molar-refractivity contribution in [2.24, 2.45) is 0 Å². The van der Waals surface area contributed by atoms with Gasteiger partial charge in [-0.25, -0.2) is 9.59 Å². The highest BCUT2D eigenvalue weighted by molar-refractivity contribution is 8.01. The molecule has 0 radical (unpaired) electrons. The standard InChI is InChI=1S/C23H27N5O6S4/c1-11-26-27-22(38-11)37-10-12-9-36-19-16(18(30)28(19)17(12)20(31)32)25-15(29)8-13(14-6-5-7-35-14)24-21(33)34-23(2,3)4/h5-7,13,16,19H,8-10H2,1-4H3,(H,24,33)(H,25,29)(H,31,32)/t13?,16?,19-/m0/s1. The Morgan fingerprint density at radius 3 is 2.68 bits per heavy atom. The van der Waals surface area contributed by atoms with Gasteiger partial charge in [0, 0.05) is 16.4 Å². The molecule has 1 fully saturated rings. The third-order valence-corrected chi connectivity index (χ3v) is 9.79. The molecule has 2 aromatic heterocycles. The van der Waals surface area contributed by atoms with E-state index in [2.05, 4.69) is 20.8 Å². The number of aliphatic carboxylic acids is 1. The van der Waals surface area contributed by atoms with Crippen molar-refractivity contribution in [3.8, 4) is 0 Å². The molecule has 3 amide bonds. The molecule has 1 saturated heterocycles. The summed E-state index contributed by atoms with van der Waals surface area (Å²) in [6, 6.07) is 2.12. The number of rotatable bonds is 9. The lowest BCUT2D eigenvalue weighted by Crippen LogP contribution is -2.70. The Balaban J connectivity index is 1.40. The van der Waals surface area contributed by atoms with Gasteiger partial charge in [0.1, 0.15) is 27.7 Å². The average Bonchev–Trinajstić information content (AvgIpc) is 3.50. The van der Waals surface area contributed by atoms with Crippen LogP contribution >= 0.6 is 46.2 Å². The quantitative estimate of drug-likeness (QED) is 0.290. The molecule has 4 heterocycles. The maximum absolute atomic E-state index is 13.0. The molecule has 2 aromatic rings. The first-order valence-corrected chi connectivity index (χ1v) is 15.3. The average molecular weight is 598 g/mol. The molecule has 4 rings (SSSR count). The molecule has 38 heavy (non-hydrogen) atoms. The van der Waals surface area contributed by atoms with Gasteiger partial charge in [0.15, 0.2) is 4.34 Å². The zero-order valence-corrected chi connectivity index (χ0v) is 24.3. The Kier molecular flexibility index (Phi) is 8.69. The van der Waals surface area contributed by atoms with Crippen LogP contribution in [0, 0.1) is 6.92 Å². The number of carbonyl (C=O) groups excluding carboxylic acids is 3. The number of aromatic nitrogens is 2. The van der Waals surface area contributed by atoms with E-state index in [1.165, 1.54) is 51.1 Å². The van der Waals surface area contributed by atoms with Gasteiger partial charge in [-0.1, -0.05) is 29.2 Å². The summed E-state index contributed by atoms with van der Waals surface area (Å²) in [5.41, 5.74) is -0.120. The highest BCUT2D eigenvalue weighted by Crippen LogP contribution is 2.42. The molecule has 0 aliphatic carbocycles. The number of nitrogens with one attached hydrogen (secondary N) is 2. The van der Waals surface area contributed by atoms with Crippen molar-refractivity contribution in [2.75, 3.05) is 11.5 Å². The van der Waals surface area contributed by atoms with Crippen molar-refractivity contribution in [3.63, 3.8) is 0 Å². The summed E-state index contributed by atoms with van der Waals surface area (Å²) in [4.78, 5) is 52.4. The van der Waals surface area contributed by atoms with E-state index in [1.807, 2.05) is 18.4 Å². The van der Waals surface area contributed by atoms with Crippen LogP contribution in [0.25, 0.3) is 0 Å². The normalized spacial score (nSPS) is 19.9. The molecule has 2 aliphatic rings. The smallest absolute Gasteiger partial charge is 0.408 e. The molecule has 2 aliphatic heterocycles. The summed E-state index contributed by atoms with van der Waals surface area (Å²) >= 11 is 5.60. The molecule has 0 spiro atoms. The number of carboxylic acid groups (broad SMARTS) is 1. The van der Waals surface area contributed by atoms with Gasteiger partial charge in [0.2, 0.25) is 5.91 Å². The van der Waals surface area contributed by atoms with Gasteiger partial charge in [-0.05, 0) is 44.7 Å². The van der Waals surface area contributed by atoms with Crippen molar-refractivity contribution >= 4 is 70.1 Å². The molecule has 0 bridgehead atoms. The Bertz CT molecular complexity index is 1260. The van der Waals surface area contributed by atoms with Crippen molar-refractivity contribution in [1.82, 2.24) is 25.7 Å². The summed E-state index contributed by atoms with van der Waals surface area (Å²) in [7, 11) is 0. The Morgan fingerprint density at radius 2 is 2.08 bits per heavy atom. The number of thioether (sulfide) groups is 2. The predicted octanol–water partition coefficient (Wildman–Crippen LogP) is 3.39. The molecule has 3 atom stereocenters. The fraction of sp³-hybridized carbons (Fsp3) is 0.478. The molecule has 11 nitrogen and oxygen atoms in total. The maximum atomic E-state index is 13.0. The van der Waals surface area contributed by atoms with E-state index >= 15 is 0 Å². The van der Waals surface area contributed by atoms with Gasteiger partial charge >= 0.3 is 12.1 Å². The summed E-state index contributed by atoms with van der Waals surface area (Å²) in [5.74, 6) is -1.32. The summed E-state index contributed by atoms with van der Waals surface area (Å²) in [5, 5.41) is 25.5. The lowest BCUT2D eigenvalue weighted by Gasteiger charge is -2.49. The predicted molar refractivity (Wildman–Crippen MR) is 146 cm³/mol. The third-order valence-electron chi connectivity index (χ3n) is 5.41. The highest BCUT2D eigenvalue weighted by atomic mass is 32.2. The number of hydrogen-bond donors (Lipinski definition) is 3. The number of carboxylic acids is 1. The highest BCUT2D eigenvalue weighted by Gasteiger charge is 2.54. The minimum Gasteiger partial charge on any atom is -0.477 e. The second-order valence-corrected chi connectivity index (χ2v) is 14.0. The fourth-order valence-corrected chi connectivity index (χ4v) is 7.94. The van der Waals surface area contributed by atoms with Crippen LogP contribution in [-0.2, 0) is 19.1 Å². The minimum absolute atomic E-state index is 0.0407. The number of carbonyl (C=O) groups is 4. The number of β-lactam (4-membered cyclic amide) rings is 1. The van der Waals surface area contributed by atoms with E-state index < -0.39 is 46.9 Å². The number of hydrogen-bond acceptors (Lipinski definition) is 11. The second-order valence-electron chi connectivity index (χ2n) is 9.51. The van der Waals surface area contributed by atoms with Crippen LogP contribution in [0.2, 0.25) is 0 Å². The number of aryl methyl sites for hydroxylation is 1. The van der Waals surface area contributed by atoms with Crippen LogP contribution in [-0.4, -0.2) is 72.6 Å². The summed E-state index contributed by atoms with van der Waals surface area (Å²) in [6.45, 7) is 7.08. The SMILES string of the molecule is Cc1nnc(SCC2=C(C(=O)O)N3C(=O)C(NC(=O)CC(NC(=O)OC(C)(C)C)c4cccs4)[C@@H]3SC2)s1. The van der Waals surface area contributed by atoms with Crippen molar-refractivity contribution in [2.45, 2.75) is 61.5 Å². The third kappa shape index (κ3) is 6.68. The molecule has 2 unspecified atom stereocenters. The molecule has 15 heteroatoms. The maximum Gasteiger partial charge on any atom is 0.408 e. The Labute approximate surface area is 235 Å². The van der Waals surface area contributed by atoms with Crippen LogP contribution in [0.4, 0.5) is 4.79 Å². The monoisotopic (exact) mass is 597 g/mol. The molecule has 0 saturated carbocycles. The van der Waals surface area contributed by atoms with Gasteiger partial charge in [0.05, 0.1) is 12.5 Å². The second kappa shape index (κ2) is 11.6. The van der Waals surface area contributed by atoms with Gasteiger partial charge in [-0.2, -0.15) is 0 Å². The van der Waals surface area contributed by atoms with Crippen molar-refractivity contribution < 1.29 is 29.0 Å². The first kappa shape index (κ1) is 28.4.